The zero-order valence-electron chi connectivity index (χ0n) is 20.0. The molecule has 0 saturated carbocycles. The average molecular weight is 484 g/mol. The van der Waals surface area contributed by atoms with Crippen LogP contribution in [0, 0.1) is 5.92 Å². The first-order valence-electron chi connectivity index (χ1n) is 12.5. The summed E-state index contributed by atoms with van der Waals surface area (Å²) >= 11 is 0. The van der Waals surface area contributed by atoms with Gasteiger partial charge in [-0.05, 0) is 43.7 Å². The zero-order valence-corrected chi connectivity index (χ0v) is 20.0. The van der Waals surface area contributed by atoms with Gasteiger partial charge in [0, 0.05) is 42.5 Å². The Bertz CT molecular complexity index is 1370. The minimum Gasteiger partial charge on any atom is -0.378 e. The van der Waals surface area contributed by atoms with Crippen LogP contribution in [-0.2, 0) is 9.53 Å². The molecule has 9 nitrogen and oxygen atoms in total. The topological polar surface area (TPSA) is 108 Å². The van der Waals surface area contributed by atoms with Crippen LogP contribution in [0.25, 0.3) is 33.7 Å². The quantitative estimate of drug-likeness (QED) is 0.399. The fraction of sp³-hybridized carbons (Fsp3) is 0.333. The van der Waals surface area contributed by atoms with Gasteiger partial charge in [0.25, 0.3) is 0 Å². The third-order valence-corrected chi connectivity index (χ3v) is 6.83. The van der Waals surface area contributed by atoms with Gasteiger partial charge in [-0.3, -0.25) is 4.79 Å². The van der Waals surface area contributed by atoms with Gasteiger partial charge in [0.1, 0.15) is 5.82 Å². The summed E-state index contributed by atoms with van der Waals surface area (Å²) in [5.74, 6) is 1.53. The Labute approximate surface area is 209 Å². The number of carbonyl (C=O) groups is 1. The third kappa shape index (κ3) is 4.67. The van der Waals surface area contributed by atoms with E-state index in [0.29, 0.717) is 19.0 Å². The van der Waals surface area contributed by atoms with E-state index in [2.05, 4.69) is 25.5 Å². The molecule has 2 aromatic carbocycles. The summed E-state index contributed by atoms with van der Waals surface area (Å²) in [5.41, 5.74) is 5.14. The van der Waals surface area contributed by atoms with Crippen molar-refractivity contribution in [1.82, 2.24) is 25.3 Å². The number of amides is 1. The smallest absolute Gasteiger partial charge is 0.228 e. The molecule has 3 N–H and O–H groups in total. The average Bonchev–Trinajstić information content (AvgIpc) is 3.43. The van der Waals surface area contributed by atoms with Gasteiger partial charge in [0.05, 0.1) is 42.2 Å². The third-order valence-electron chi connectivity index (χ3n) is 6.83. The van der Waals surface area contributed by atoms with Crippen LogP contribution >= 0.6 is 0 Å². The number of imidazole rings is 1. The first-order valence-corrected chi connectivity index (χ1v) is 12.5. The number of ether oxygens (including phenoxy) is 1. The molecular formula is C27H29N7O2. The summed E-state index contributed by atoms with van der Waals surface area (Å²) in [6.07, 6.45) is 3.62. The number of rotatable bonds is 5. The number of piperidine rings is 1. The van der Waals surface area contributed by atoms with E-state index in [4.69, 9.17) is 14.7 Å². The minimum absolute atomic E-state index is 0.00433. The Balaban J connectivity index is 1.37. The van der Waals surface area contributed by atoms with Gasteiger partial charge in [-0.25, -0.2) is 15.0 Å². The molecule has 36 heavy (non-hydrogen) atoms. The molecule has 2 aliphatic heterocycles. The molecular weight excluding hydrogens is 454 g/mol. The molecule has 9 heteroatoms. The molecule has 0 radical (unpaired) electrons. The molecule has 0 aliphatic carbocycles. The highest BCUT2D eigenvalue weighted by atomic mass is 16.5. The second kappa shape index (κ2) is 10.0. The molecule has 0 spiro atoms. The highest BCUT2D eigenvalue weighted by Gasteiger charge is 2.22. The van der Waals surface area contributed by atoms with Crippen molar-refractivity contribution in [3.63, 3.8) is 0 Å². The van der Waals surface area contributed by atoms with Gasteiger partial charge >= 0.3 is 0 Å². The van der Waals surface area contributed by atoms with Crippen LogP contribution in [-0.4, -0.2) is 65.2 Å². The normalized spacial score (nSPS) is 18.3. The Kier molecular flexibility index (Phi) is 6.31. The summed E-state index contributed by atoms with van der Waals surface area (Å²) < 4.78 is 5.56. The lowest BCUT2D eigenvalue weighted by atomic mass is 9.98. The van der Waals surface area contributed by atoms with Gasteiger partial charge in [0.15, 0.2) is 5.82 Å². The van der Waals surface area contributed by atoms with Crippen LogP contribution in [0.2, 0.25) is 0 Å². The number of morpholine rings is 1. The van der Waals surface area contributed by atoms with Crippen molar-refractivity contribution in [2.45, 2.75) is 12.8 Å². The van der Waals surface area contributed by atoms with Crippen molar-refractivity contribution >= 4 is 28.4 Å². The van der Waals surface area contributed by atoms with Crippen LogP contribution < -0.4 is 15.5 Å². The van der Waals surface area contributed by atoms with Gasteiger partial charge in [-0.2, -0.15) is 0 Å². The molecule has 0 bridgehead atoms. The first-order chi connectivity index (χ1) is 17.7. The summed E-state index contributed by atoms with van der Waals surface area (Å²) in [6.45, 7) is 4.58. The van der Waals surface area contributed by atoms with E-state index in [1.165, 1.54) is 0 Å². The van der Waals surface area contributed by atoms with Crippen molar-refractivity contribution in [2.75, 3.05) is 49.6 Å². The van der Waals surface area contributed by atoms with Crippen molar-refractivity contribution in [3.05, 3.63) is 54.9 Å². The van der Waals surface area contributed by atoms with E-state index in [-0.39, 0.29) is 11.8 Å². The number of nitrogens with one attached hydrogen (secondary N) is 3. The lowest BCUT2D eigenvalue weighted by Crippen LogP contribution is -2.37. The van der Waals surface area contributed by atoms with Crippen LogP contribution in [0.1, 0.15) is 12.8 Å². The van der Waals surface area contributed by atoms with E-state index < -0.39 is 0 Å². The SMILES string of the molecule is O=C(Nc1cccc(-c2cc(N3CCOCC3)nc(-c3cccc4[nH]cnc34)n2)c1)C1CCCNC1. The lowest BCUT2D eigenvalue weighted by molar-refractivity contribution is -0.120. The standard InChI is InChI=1S/C27H29N7O2/c35-27(19-5-3-9-28-16-19)31-20-6-1-4-18(14-20)23-15-24(34-10-12-36-13-11-34)33-26(32-23)21-7-2-8-22-25(21)30-17-29-22/h1-2,4,6-8,14-15,17,19,28H,3,5,9-13,16H2,(H,29,30)(H,31,35). The number of anilines is 2. The second-order valence-electron chi connectivity index (χ2n) is 9.25. The molecule has 184 valence electrons. The number of aromatic nitrogens is 4. The zero-order chi connectivity index (χ0) is 24.3. The Morgan fingerprint density at radius 1 is 1.08 bits per heavy atom. The number of nitrogens with zero attached hydrogens (tertiary/aromatic N) is 4. The van der Waals surface area contributed by atoms with Crippen LogP contribution in [0.5, 0.6) is 0 Å². The number of hydrogen-bond donors (Lipinski definition) is 3. The monoisotopic (exact) mass is 483 g/mol. The molecule has 1 unspecified atom stereocenters. The molecule has 4 aromatic rings. The first kappa shape index (κ1) is 22.6. The summed E-state index contributed by atoms with van der Waals surface area (Å²) in [6, 6.07) is 15.9. The van der Waals surface area contributed by atoms with Crippen molar-refractivity contribution in [1.29, 1.82) is 0 Å². The van der Waals surface area contributed by atoms with E-state index in [1.54, 1.807) is 6.33 Å². The number of para-hydroxylation sites is 1. The fourth-order valence-electron chi connectivity index (χ4n) is 4.88. The van der Waals surface area contributed by atoms with Crippen LogP contribution in [0.3, 0.4) is 0 Å². The minimum atomic E-state index is -0.00433. The van der Waals surface area contributed by atoms with Crippen molar-refractivity contribution < 1.29 is 9.53 Å². The van der Waals surface area contributed by atoms with Crippen LogP contribution in [0.4, 0.5) is 11.5 Å². The molecule has 1 atom stereocenters. The van der Waals surface area contributed by atoms with E-state index in [1.807, 2.05) is 48.5 Å². The van der Waals surface area contributed by atoms with Crippen molar-refractivity contribution in [2.24, 2.45) is 5.92 Å². The van der Waals surface area contributed by atoms with Gasteiger partial charge in [-0.15, -0.1) is 0 Å². The number of fused-ring (bicyclic) bond motifs is 1. The maximum atomic E-state index is 12.8. The maximum absolute atomic E-state index is 12.8. The Morgan fingerprint density at radius 3 is 2.83 bits per heavy atom. The molecule has 2 fully saturated rings. The van der Waals surface area contributed by atoms with Gasteiger partial charge < -0.3 is 25.3 Å². The van der Waals surface area contributed by atoms with Gasteiger partial charge in [-0.1, -0.05) is 18.2 Å². The second-order valence-corrected chi connectivity index (χ2v) is 9.25. The van der Waals surface area contributed by atoms with Gasteiger partial charge in [0.2, 0.25) is 5.91 Å². The Hall–Kier alpha value is -3.82. The maximum Gasteiger partial charge on any atom is 0.228 e. The van der Waals surface area contributed by atoms with E-state index >= 15 is 0 Å². The number of carbonyl (C=O) groups excluding carboxylic acids is 1. The molecule has 1 amide bonds. The summed E-state index contributed by atoms with van der Waals surface area (Å²) in [5, 5.41) is 6.41. The summed E-state index contributed by atoms with van der Waals surface area (Å²) in [4.78, 5) is 32.6. The molecule has 2 aliphatic rings. The largest absolute Gasteiger partial charge is 0.378 e. The predicted molar refractivity (Wildman–Crippen MR) is 140 cm³/mol. The Morgan fingerprint density at radius 2 is 1.97 bits per heavy atom. The highest BCUT2D eigenvalue weighted by Crippen LogP contribution is 2.30. The number of H-pyrrole nitrogens is 1. The van der Waals surface area contributed by atoms with E-state index in [0.717, 1.165) is 78.4 Å². The van der Waals surface area contributed by atoms with Crippen LogP contribution in [0.15, 0.2) is 54.9 Å². The summed E-state index contributed by atoms with van der Waals surface area (Å²) in [7, 11) is 0. The number of hydrogen-bond acceptors (Lipinski definition) is 7. The fourth-order valence-corrected chi connectivity index (χ4v) is 4.88. The number of aromatic amines is 1. The lowest BCUT2D eigenvalue weighted by Gasteiger charge is -2.28. The molecule has 4 heterocycles. The van der Waals surface area contributed by atoms with E-state index in [9.17, 15) is 4.79 Å². The molecule has 2 saturated heterocycles. The molecule has 2 aromatic heterocycles. The number of benzene rings is 2. The van der Waals surface area contributed by atoms with Crippen molar-refractivity contribution in [3.8, 4) is 22.6 Å². The molecule has 6 rings (SSSR count). The highest BCUT2D eigenvalue weighted by molar-refractivity contribution is 5.93. The predicted octanol–water partition coefficient (Wildman–Crippen LogP) is 3.46.